The number of anilines is 2. The van der Waals surface area contributed by atoms with Gasteiger partial charge in [-0.15, -0.1) is 0 Å². The number of carbonyl (C=O) groups excluding carboxylic acids is 1. The second-order valence-electron chi connectivity index (χ2n) is 17.8. The number of carbonyl (C=O) groups is 1. The third-order valence-electron chi connectivity index (χ3n) is 12.8. The van der Waals surface area contributed by atoms with Gasteiger partial charge in [-0.3, -0.25) is 14.7 Å². The van der Waals surface area contributed by atoms with E-state index < -0.39 is 21.4 Å². The summed E-state index contributed by atoms with van der Waals surface area (Å²) in [6, 6.07) is 20.9. The van der Waals surface area contributed by atoms with Crippen molar-refractivity contribution < 1.29 is 17.9 Å². The molecule has 1 N–H and O–H groups in total. The van der Waals surface area contributed by atoms with Gasteiger partial charge in [0.25, 0.3) is 0 Å². The van der Waals surface area contributed by atoms with Crippen molar-refractivity contribution in [3.05, 3.63) is 118 Å². The van der Waals surface area contributed by atoms with Crippen molar-refractivity contribution in [2.24, 2.45) is 11.3 Å². The van der Waals surface area contributed by atoms with Crippen LogP contribution in [0.2, 0.25) is 5.02 Å². The molecule has 8 rings (SSSR count). The fourth-order valence-corrected chi connectivity index (χ4v) is 10.6. The molecular weight excluding hydrogens is 776 g/mol. The summed E-state index contributed by atoms with van der Waals surface area (Å²) in [5.41, 5.74) is 9.40. The maximum Gasteiger partial charge on any atom is 0.185 e. The number of halogens is 1. The zero-order valence-electron chi connectivity index (χ0n) is 34.7. The number of ether oxygens (including phenoxy) is 1. The number of nitrogens with zero attached hydrogens (tertiary/aromatic N) is 3. The number of fused-ring (bicyclic) bond motifs is 1. The van der Waals surface area contributed by atoms with Crippen LogP contribution in [-0.2, 0) is 16.3 Å². The largest absolute Gasteiger partial charge is 0.455 e. The van der Waals surface area contributed by atoms with Gasteiger partial charge in [0.05, 0.1) is 22.3 Å². The number of sulfone groups is 1. The summed E-state index contributed by atoms with van der Waals surface area (Å²) in [6.07, 6.45) is 16.2. The highest BCUT2D eigenvalue weighted by Crippen LogP contribution is 2.43. The first kappa shape index (κ1) is 41.3. The molecular formula is C49H57ClN4O4S. The molecule has 1 aliphatic heterocycles. The van der Waals surface area contributed by atoms with Crippen LogP contribution in [0.1, 0.15) is 98.0 Å². The summed E-state index contributed by atoms with van der Waals surface area (Å²) in [5, 5.41) is 4.30. The second kappa shape index (κ2) is 17.6. The van der Waals surface area contributed by atoms with E-state index in [1.165, 1.54) is 55.2 Å². The zero-order valence-corrected chi connectivity index (χ0v) is 36.3. The highest BCUT2D eigenvalue weighted by molar-refractivity contribution is 7.92. The zero-order chi connectivity index (χ0) is 41.1. The molecule has 3 aromatic carbocycles. The standard InChI is InChI=1S/C49H57ClN4O4S/c1-34-26-42(17-19-45(34)51-30-35-8-5-4-6-9-35)59(56,57)33-47(55)43-18-16-40(28-48(43)58-41-27-37-10-7-11-46(37)52-31-41)54-24-22-53(23-25-54)32-38-20-21-49(2,3)29-44(38)36-12-14-39(50)15-13-36/h7,10,12-19,26-28,31,35,51H,4-6,8-9,11,20-25,29-30,32-33H2,1-3H3. The lowest BCUT2D eigenvalue weighted by atomic mass is 9.72. The van der Waals surface area contributed by atoms with Gasteiger partial charge in [-0.1, -0.05) is 74.6 Å². The average Bonchev–Trinajstić information content (AvgIpc) is 3.70. The SMILES string of the molecule is Cc1cc(S(=O)(=O)CC(=O)c2ccc(N3CCN(CC4=C(c5ccc(Cl)cc5)CC(C)(C)CC4)CC3)cc2Oc2cnc3c(c2)C=CC3)ccc1NCC1CCCCC1. The molecule has 8 nitrogen and oxygen atoms in total. The van der Waals surface area contributed by atoms with Crippen LogP contribution < -0.4 is 15.0 Å². The van der Waals surface area contributed by atoms with E-state index in [-0.39, 0.29) is 15.9 Å². The van der Waals surface area contributed by atoms with E-state index in [0.717, 1.165) is 91.7 Å². The first-order valence-corrected chi connectivity index (χ1v) is 23.4. The molecule has 0 atom stereocenters. The third-order valence-corrected chi connectivity index (χ3v) is 14.7. The number of hydrogen-bond donors (Lipinski definition) is 1. The van der Waals surface area contributed by atoms with Gasteiger partial charge in [-0.05, 0) is 121 Å². The van der Waals surface area contributed by atoms with E-state index >= 15 is 0 Å². The summed E-state index contributed by atoms with van der Waals surface area (Å²) in [7, 11) is -3.94. The Bertz CT molecular complexity index is 2360. The third kappa shape index (κ3) is 9.96. The number of benzene rings is 3. The smallest absolute Gasteiger partial charge is 0.185 e. The number of rotatable bonds is 13. The second-order valence-corrected chi connectivity index (χ2v) is 20.3. The molecule has 10 heteroatoms. The highest BCUT2D eigenvalue weighted by Gasteiger charge is 2.30. The molecule has 0 unspecified atom stereocenters. The van der Waals surface area contributed by atoms with Crippen LogP contribution in [0.5, 0.6) is 11.5 Å². The molecule has 1 aromatic heterocycles. The Kier molecular flexibility index (Phi) is 12.4. The predicted molar refractivity (Wildman–Crippen MR) is 241 cm³/mol. The number of hydrogen-bond acceptors (Lipinski definition) is 8. The van der Waals surface area contributed by atoms with E-state index in [1.54, 1.807) is 24.4 Å². The molecule has 1 saturated heterocycles. The van der Waals surface area contributed by atoms with Crippen LogP contribution in [0.15, 0.2) is 89.5 Å². The lowest BCUT2D eigenvalue weighted by Crippen LogP contribution is -2.47. The Labute approximate surface area is 355 Å². The molecule has 310 valence electrons. The topological polar surface area (TPSA) is 91.8 Å². The van der Waals surface area contributed by atoms with Crippen molar-refractivity contribution in [1.29, 1.82) is 0 Å². The summed E-state index contributed by atoms with van der Waals surface area (Å²) in [5.74, 6) is 0.304. The van der Waals surface area contributed by atoms with Crippen LogP contribution in [0, 0.1) is 18.3 Å². The number of piperazine rings is 1. The van der Waals surface area contributed by atoms with E-state index in [0.29, 0.717) is 17.4 Å². The maximum absolute atomic E-state index is 14.0. The van der Waals surface area contributed by atoms with Gasteiger partial charge in [-0.25, -0.2) is 8.42 Å². The number of ketones is 1. The quantitative estimate of drug-likeness (QED) is 0.133. The van der Waals surface area contributed by atoms with E-state index in [4.69, 9.17) is 16.3 Å². The van der Waals surface area contributed by atoms with Crippen LogP contribution in [0.4, 0.5) is 11.4 Å². The van der Waals surface area contributed by atoms with Gasteiger partial charge in [0, 0.05) is 68.2 Å². The molecule has 2 fully saturated rings. The molecule has 0 amide bonds. The Morgan fingerprint density at radius 2 is 1.75 bits per heavy atom. The molecule has 2 heterocycles. The first-order chi connectivity index (χ1) is 28.4. The lowest BCUT2D eigenvalue weighted by Gasteiger charge is -2.39. The van der Waals surface area contributed by atoms with E-state index in [9.17, 15) is 13.2 Å². The van der Waals surface area contributed by atoms with Crippen molar-refractivity contribution in [3.8, 4) is 11.5 Å². The number of pyridine rings is 1. The molecule has 4 aromatic rings. The van der Waals surface area contributed by atoms with Crippen molar-refractivity contribution in [2.75, 3.05) is 55.2 Å². The molecule has 0 bridgehead atoms. The first-order valence-electron chi connectivity index (χ1n) is 21.4. The normalized spacial score (nSPS) is 18.5. The monoisotopic (exact) mass is 832 g/mol. The van der Waals surface area contributed by atoms with Gasteiger partial charge < -0.3 is 15.0 Å². The summed E-state index contributed by atoms with van der Waals surface area (Å²) in [4.78, 5) is 23.6. The van der Waals surface area contributed by atoms with Crippen molar-refractivity contribution in [3.63, 3.8) is 0 Å². The predicted octanol–water partition coefficient (Wildman–Crippen LogP) is 10.8. The molecule has 0 spiro atoms. The molecule has 1 saturated carbocycles. The number of Topliss-reactive ketones (excluding diaryl/α,β-unsaturated/α-hetero) is 1. The van der Waals surface area contributed by atoms with Crippen LogP contribution in [-0.4, -0.2) is 69.1 Å². The van der Waals surface area contributed by atoms with Crippen molar-refractivity contribution in [1.82, 2.24) is 9.88 Å². The van der Waals surface area contributed by atoms with Gasteiger partial charge in [0.2, 0.25) is 0 Å². The molecule has 59 heavy (non-hydrogen) atoms. The fourth-order valence-electron chi connectivity index (χ4n) is 9.21. The lowest BCUT2D eigenvalue weighted by molar-refractivity contribution is 0.101. The summed E-state index contributed by atoms with van der Waals surface area (Å²) >= 11 is 6.26. The number of nitrogens with one attached hydrogen (secondary N) is 1. The Balaban J connectivity index is 0.983. The fraction of sp³-hybridized carbons (Fsp3) is 0.429. The van der Waals surface area contributed by atoms with Gasteiger partial charge in [-0.2, -0.15) is 0 Å². The molecule has 4 aliphatic rings. The van der Waals surface area contributed by atoms with Gasteiger partial charge in [0.15, 0.2) is 15.6 Å². The van der Waals surface area contributed by atoms with Crippen molar-refractivity contribution in [2.45, 2.75) is 83.5 Å². The Hall–Kier alpha value is -4.44. The van der Waals surface area contributed by atoms with Crippen molar-refractivity contribution >= 4 is 50.2 Å². The number of allylic oxidation sites excluding steroid dienone is 2. The minimum absolute atomic E-state index is 0.145. The number of aryl methyl sites for hydroxylation is 1. The van der Waals surface area contributed by atoms with Gasteiger partial charge in [0.1, 0.15) is 17.3 Å². The minimum atomic E-state index is -3.94. The number of aromatic nitrogens is 1. The van der Waals surface area contributed by atoms with Crippen LogP contribution in [0.25, 0.3) is 11.6 Å². The van der Waals surface area contributed by atoms with Crippen LogP contribution in [0.3, 0.4) is 0 Å². The van der Waals surface area contributed by atoms with E-state index in [2.05, 4.69) is 52.2 Å². The molecule has 0 radical (unpaired) electrons. The molecule has 3 aliphatic carbocycles. The Morgan fingerprint density at radius 3 is 2.51 bits per heavy atom. The van der Waals surface area contributed by atoms with E-state index in [1.807, 2.05) is 49.4 Å². The minimum Gasteiger partial charge on any atom is -0.455 e. The average molecular weight is 834 g/mol. The maximum atomic E-state index is 14.0. The Morgan fingerprint density at radius 1 is 0.966 bits per heavy atom. The van der Waals surface area contributed by atoms with Gasteiger partial charge >= 0.3 is 0 Å². The summed E-state index contributed by atoms with van der Waals surface area (Å²) in [6.45, 7) is 11.9. The summed E-state index contributed by atoms with van der Waals surface area (Å²) < 4.78 is 34.0. The highest BCUT2D eigenvalue weighted by atomic mass is 35.5. The van der Waals surface area contributed by atoms with Crippen LogP contribution >= 0.6 is 11.6 Å².